The molecule has 0 spiro atoms. The fourth-order valence-corrected chi connectivity index (χ4v) is 3.42. The first-order valence-electron chi connectivity index (χ1n) is 6.84. The molecular formula is C14H22N2O2S. The van der Waals surface area contributed by atoms with E-state index in [0.717, 1.165) is 24.6 Å². The van der Waals surface area contributed by atoms with Crippen molar-refractivity contribution in [2.24, 2.45) is 11.3 Å². The van der Waals surface area contributed by atoms with E-state index < -0.39 is 0 Å². The van der Waals surface area contributed by atoms with Gasteiger partial charge in [-0.3, -0.25) is 4.79 Å². The summed E-state index contributed by atoms with van der Waals surface area (Å²) < 4.78 is 5.30. The van der Waals surface area contributed by atoms with Crippen molar-refractivity contribution in [2.45, 2.75) is 34.1 Å². The van der Waals surface area contributed by atoms with E-state index in [1.165, 1.54) is 4.88 Å². The topological polar surface area (TPSA) is 42.4 Å². The van der Waals surface area contributed by atoms with Gasteiger partial charge < -0.3 is 9.64 Å². The number of aryl methyl sites for hydroxylation is 1. The average molecular weight is 282 g/mol. The molecule has 1 aliphatic heterocycles. The maximum absolute atomic E-state index is 12.3. The number of nitrogens with zero attached hydrogens (tertiary/aromatic N) is 2. The van der Waals surface area contributed by atoms with Crippen LogP contribution < -0.4 is 4.90 Å². The molecule has 1 aromatic heterocycles. The summed E-state index contributed by atoms with van der Waals surface area (Å²) in [6, 6.07) is 0. The Morgan fingerprint density at radius 2 is 2.37 bits per heavy atom. The van der Waals surface area contributed by atoms with Crippen molar-refractivity contribution in [1.82, 2.24) is 4.98 Å². The van der Waals surface area contributed by atoms with Crippen LogP contribution in [0.3, 0.4) is 0 Å². The van der Waals surface area contributed by atoms with Gasteiger partial charge in [0.25, 0.3) is 0 Å². The maximum atomic E-state index is 12.3. The van der Waals surface area contributed by atoms with E-state index in [0.29, 0.717) is 6.61 Å². The fourth-order valence-electron chi connectivity index (χ4n) is 2.63. The minimum atomic E-state index is -0.379. The average Bonchev–Trinajstić information content (AvgIpc) is 2.95. The minimum absolute atomic E-state index is 0.0548. The third-order valence-corrected chi connectivity index (χ3v) is 4.94. The molecule has 0 saturated carbocycles. The highest BCUT2D eigenvalue weighted by Crippen LogP contribution is 2.41. The summed E-state index contributed by atoms with van der Waals surface area (Å²) in [5.74, 6) is 0.221. The Hall–Kier alpha value is -1.10. The Labute approximate surface area is 118 Å². The lowest BCUT2D eigenvalue weighted by atomic mass is 9.76. The van der Waals surface area contributed by atoms with Gasteiger partial charge in [0.15, 0.2) is 5.13 Å². The van der Waals surface area contributed by atoms with Crippen LogP contribution in [0.25, 0.3) is 0 Å². The number of esters is 1. The van der Waals surface area contributed by atoms with Crippen LogP contribution in [0.5, 0.6) is 0 Å². The molecule has 0 amide bonds. The summed E-state index contributed by atoms with van der Waals surface area (Å²) in [6.07, 6.45) is 2.74. The van der Waals surface area contributed by atoms with Gasteiger partial charge in [-0.25, -0.2) is 4.98 Å². The standard InChI is InChI=1S/C14H22N2O2S/c1-5-18-12(17)14(10(2)3)6-7-16(9-14)13-15-8-11(4)19-13/h8,10H,5-7,9H2,1-4H3. The van der Waals surface area contributed by atoms with Gasteiger partial charge >= 0.3 is 5.97 Å². The lowest BCUT2D eigenvalue weighted by Crippen LogP contribution is -2.40. The largest absolute Gasteiger partial charge is 0.466 e. The van der Waals surface area contributed by atoms with Gasteiger partial charge in [-0.1, -0.05) is 13.8 Å². The number of thiazole rings is 1. The molecule has 0 bridgehead atoms. The SMILES string of the molecule is CCOC(=O)C1(C(C)C)CCN(c2ncc(C)s2)C1. The second-order valence-electron chi connectivity index (χ2n) is 5.46. The van der Waals surface area contributed by atoms with E-state index in [1.807, 2.05) is 13.1 Å². The fraction of sp³-hybridized carbons (Fsp3) is 0.714. The van der Waals surface area contributed by atoms with Crippen molar-refractivity contribution >= 4 is 22.4 Å². The van der Waals surface area contributed by atoms with Gasteiger partial charge in [0, 0.05) is 24.2 Å². The normalized spacial score (nSPS) is 23.1. The molecule has 1 aliphatic rings. The summed E-state index contributed by atoms with van der Waals surface area (Å²) in [5.41, 5.74) is -0.379. The van der Waals surface area contributed by atoms with E-state index in [2.05, 4.69) is 30.7 Å². The second kappa shape index (κ2) is 5.49. The summed E-state index contributed by atoms with van der Waals surface area (Å²) in [4.78, 5) is 20.2. The van der Waals surface area contributed by atoms with Gasteiger partial charge in [0.05, 0.1) is 12.0 Å². The van der Waals surface area contributed by atoms with Crippen LogP contribution in [0.4, 0.5) is 5.13 Å². The van der Waals surface area contributed by atoms with E-state index in [9.17, 15) is 4.79 Å². The first-order valence-corrected chi connectivity index (χ1v) is 7.66. The Morgan fingerprint density at radius 1 is 1.63 bits per heavy atom. The number of ether oxygens (including phenoxy) is 1. The van der Waals surface area contributed by atoms with Crippen molar-refractivity contribution in [1.29, 1.82) is 0 Å². The van der Waals surface area contributed by atoms with Crippen LogP contribution in [-0.2, 0) is 9.53 Å². The highest BCUT2D eigenvalue weighted by molar-refractivity contribution is 7.15. The highest BCUT2D eigenvalue weighted by Gasteiger charge is 2.48. The molecular weight excluding hydrogens is 260 g/mol. The molecule has 0 aliphatic carbocycles. The van der Waals surface area contributed by atoms with Gasteiger partial charge in [0.2, 0.25) is 0 Å². The Bertz CT molecular complexity index is 458. The second-order valence-corrected chi connectivity index (χ2v) is 6.67. The number of hydrogen-bond donors (Lipinski definition) is 0. The molecule has 1 fully saturated rings. The maximum Gasteiger partial charge on any atom is 0.314 e. The number of carbonyl (C=O) groups is 1. The summed E-state index contributed by atoms with van der Waals surface area (Å²) in [5, 5.41) is 1.02. The first kappa shape index (κ1) is 14.3. The molecule has 1 aromatic rings. The minimum Gasteiger partial charge on any atom is -0.466 e. The Balaban J connectivity index is 2.18. The van der Waals surface area contributed by atoms with Crippen molar-refractivity contribution in [3.8, 4) is 0 Å². The Morgan fingerprint density at radius 3 is 2.89 bits per heavy atom. The van der Waals surface area contributed by atoms with Crippen molar-refractivity contribution in [3.05, 3.63) is 11.1 Å². The zero-order valence-electron chi connectivity index (χ0n) is 12.1. The van der Waals surface area contributed by atoms with E-state index in [1.54, 1.807) is 11.3 Å². The van der Waals surface area contributed by atoms with Gasteiger partial charge in [-0.15, -0.1) is 11.3 Å². The number of aromatic nitrogens is 1. The third-order valence-electron chi connectivity index (χ3n) is 3.97. The van der Waals surface area contributed by atoms with E-state index in [-0.39, 0.29) is 17.3 Å². The molecule has 4 nitrogen and oxygen atoms in total. The monoisotopic (exact) mass is 282 g/mol. The van der Waals surface area contributed by atoms with Crippen LogP contribution in [0.2, 0.25) is 0 Å². The van der Waals surface area contributed by atoms with Gasteiger partial charge in [0.1, 0.15) is 0 Å². The quantitative estimate of drug-likeness (QED) is 0.796. The molecule has 1 saturated heterocycles. The van der Waals surface area contributed by atoms with Gasteiger partial charge in [-0.05, 0) is 26.2 Å². The van der Waals surface area contributed by atoms with Crippen LogP contribution in [-0.4, -0.2) is 30.6 Å². The summed E-state index contributed by atoms with van der Waals surface area (Å²) >= 11 is 1.69. The number of carbonyl (C=O) groups excluding carboxylic acids is 1. The summed E-state index contributed by atoms with van der Waals surface area (Å²) in [7, 11) is 0. The zero-order chi connectivity index (χ0) is 14.0. The van der Waals surface area contributed by atoms with Gasteiger partial charge in [-0.2, -0.15) is 0 Å². The molecule has 2 rings (SSSR count). The molecule has 0 N–H and O–H groups in total. The predicted octanol–water partition coefficient (Wildman–Crippen LogP) is 2.87. The van der Waals surface area contributed by atoms with E-state index >= 15 is 0 Å². The van der Waals surface area contributed by atoms with Crippen molar-refractivity contribution in [2.75, 3.05) is 24.6 Å². The molecule has 1 unspecified atom stereocenters. The predicted molar refractivity (Wildman–Crippen MR) is 77.6 cm³/mol. The third kappa shape index (κ3) is 2.61. The molecule has 19 heavy (non-hydrogen) atoms. The van der Waals surface area contributed by atoms with Crippen LogP contribution >= 0.6 is 11.3 Å². The summed E-state index contributed by atoms with van der Waals surface area (Å²) in [6.45, 7) is 10.2. The molecule has 5 heteroatoms. The van der Waals surface area contributed by atoms with E-state index in [4.69, 9.17) is 4.74 Å². The smallest absolute Gasteiger partial charge is 0.314 e. The molecule has 0 radical (unpaired) electrons. The van der Waals surface area contributed by atoms with Crippen LogP contribution in [0.15, 0.2) is 6.20 Å². The van der Waals surface area contributed by atoms with Crippen molar-refractivity contribution in [3.63, 3.8) is 0 Å². The molecule has 2 heterocycles. The number of anilines is 1. The number of rotatable bonds is 4. The lowest BCUT2D eigenvalue weighted by Gasteiger charge is -2.30. The lowest BCUT2D eigenvalue weighted by molar-refractivity contribution is -0.156. The number of hydrogen-bond acceptors (Lipinski definition) is 5. The first-order chi connectivity index (χ1) is 8.99. The molecule has 0 aromatic carbocycles. The van der Waals surface area contributed by atoms with Crippen LogP contribution in [0.1, 0.15) is 32.1 Å². The highest BCUT2D eigenvalue weighted by atomic mass is 32.1. The zero-order valence-corrected chi connectivity index (χ0v) is 12.9. The molecule has 106 valence electrons. The van der Waals surface area contributed by atoms with Crippen LogP contribution in [0, 0.1) is 18.3 Å². The Kier molecular flexibility index (Phi) is 4.13. The molecule has 1 atom stereocenters. The van der Waals surface area contributed by atoms with Crippen molar-refractivity contribution < 1.29 is 9.53 Å².